The lowest BCUT2D eigenvalue weighted by atomic mass is 10.1. The van der Waals surface area contributed by atoms with E-state index in [4.69, 9.17) is 4.74 Å². The van der Waals surface area contributed by atoms with Crippen LogP contribution in [0.1, 0.15) is 25.3 Å². The molecule has 112 valence electrons. The fraction of sp³-hybridized carbons (Fsp3) is 0.571. The molecule has 1 fully saturated rings. The first-order valence-corrected chi connectivity index (χ1v) is 8.50. The summed E-state index contributed by atoms with van der Waals surface area (Å²) in [7, 11) is -3.45. The molecule has 0 aromatic heterocycles. The van der Waals surface area contributed by atoms with Crippen LogP contribution in [0, 0.1) is 0 Å². The standard InChI is InChI=1S/C14H22N2O3S/c1-2-15-10-12-5-7-14(8-6-12)20(17,18)16-13-4-3-9-19-11-13/h5-8,13,15-16H,2-4,9-11H2,1H3. The summed E-state index contributed by atoms with van der Waals surface area (Å²) in [6.45, 7) is 4.86. The van der Waals surface area contributed by atoms with Gasteiger partial charge in [0.05, 0.1) is 11.5 Å². The van der Waals surface area contributed by atoms with Crippen molar-refractivity contribution in [3.8, 4) is 0 Å². The number of nitrogens with one attached hydrogen (secondary N) is 2. The largest absolute Gasteiger partial charge is 0.380 e. The fourth-order valence-electron chi connectivity index (χ4n) is 2.18. The third kappa shape index (κ3) is 4.28. The highest BCUT2D eigenvalue weighted by molar-refractivity contribution is 7.89. The van der Waals surface area contributed by atoms with Crippen molar-refractivity contribution in [1.29, 1.82) is 0 Å². The molecule has 0 aliphatic carbocycles. The molecule has 0 radical (unpaired) electrons. The molecule has 2 rings (SSSR count). The third-order valence-electron chi connectivity index (χ3n) is 3.29. The van der Waals surface area contributed by atoms with Crippen molar-refractivity contribution in [3.63, 3.8) is 0 Å². The van der Waals surface area contributed by atoms with E-state index in [1.807, 2.05) is 19.1 Å². The molecule has 2 N–H and O–H groups in total. The summed E-state index contributed by atoms with van der Waals surface area (Å²) in [5.74, 6) is 0. The summed E-state index contributed by atoms with van der Waals surface area (Å²) in [4.78, 5) is 0.309. The van der Waals surface area contributed by atoms with Gasteiger partial charge in [0.25, 0.3) is 0 Å². The van der Waals surface area contributed by atoms with Gasteiger partial charge < -0.3 is 10.1 Å². The molecular formula is C14H22N2O3S. The lowest BCUT2D eigenvalue weighted by molar-refractivity contribution is 0.0774. The zero-order chi connectivity index (χ0) is 14.4. The Morgan fingerprint density at radius 1 is 1.30 bits per heavy atom. The number of benzene rings is 1. The Bertz CT molecular complexity index is 508. The van der Waals surface area contributed by atoms with E-state index in [9.17, 15) is 8.42 Å². The van der Waals surface area contributed by atoms with Crippen molar-refractivity contribution in [1.82, 2.24) is 10.0 Å². The molecule has 1 unspecified atom stereocenters. The summed E-state index contributed by atoms with van der Waals surface area (Å²) >= 11 is 0. The van der Waals surface area contributed by atoms with Crippen LogP contribution in [-0.2, 0) is 21.3 Å². The SMILES string of the molecule is CCNCc1ccc(S(=O)(=O)NC2CCCOC2)cc1. The van der Waals surface area contributed by atoms with Crippen molar-refractivity contribution in [2.24, 2.45) is 0 Å². The first-order chi connectivity index (χ1) is 9.62. The molecule has 1 aromatic carbocycles. The Hall–Kier alpha value is -0.950. The van der Waals surface area contributed by atoms with Crippen molar-refractivity contribution in [2.45, 2.75) is 37.2 Å². The molecule has 6 heteroatoms. The van der Waals surface area contributed by atoms with E-state index in [1.165, 1.54) is 0 Å². The maximum Gasteiger partial charge on any atom is 0.240 e. The van der Waals surface area contributed by atoms with E-state index in [-0.39, 0.29) is 6.04 Å². The summed E-state index contributed by atoms with van der Waals surface area (Å²) in [5, 5.41) is 3.21. The van der Waals surface area contributed by atoms with Gasteiger partial charge in [0.15, 0.2) is 0 Å². The normalized spacial score (nSPS) is 19.9. The Balaban J connectivity index is 2.01. The van der Waals surface area contributed by atoms with Gasteiger partial charge in [0, 0.05) is 19.2 Å². The lowest BCUT2D eigenvalue weighted by Gasteiger charge is -2.23. The van der Waals surface area contributed by atoms with Gasteiger partial charge in [-0.2, -0.15) is 0 Å². The van der Waals surface area contributed by atoms with Gasteiger partial charge in [0.2, 0.25) is 10.0 Å². The van der Waals surface area contributed by atoms with Gasteiger partial charge in [-0.1, -0.05) is 19.1 Å². The highest BCUT2D eigenvalue weighted by atomic mass is 32.2. The van der Waals surface area contributed by atoms with Crippen molar-refractivity contribution in [3.05, 3.63) is 29.8 Å². The van der Waals surface area contributed by atoms with Crippen LogP contribution >= 0.6 is 0 Å². The molecule has 0 spiro atoms. The predicted octanol–water partition coefficient (Wildman–Crippen LogP) is 1.25. The van der Waals surface area contributed by atoms with Crippen LogP contribution in [0.3, 0.4) is 0 Å². The molecule has 1 atom stereocenters. The molecule has 1 aliphatic heterocycles. The van der Waals surface area contributed by atoms with E-state index in [0.29, 0.717) is 11.5 Å². The molecule has 1 aliphatic rings. The van der Waals surface area contributed by atoms with E-state index < -0.39 is 10.0 Å². The quantitative estimate of drug-likeness (QED) is 0.829. The Morgan fingerprint density at radius 2 is 2.05 bits per heavy atom. The van der Waals surface area contributed by atoms with Crippen molar-refractivity contribution >= 4 is 10.0 Å². The minimum Gasteiger partial charge on any atom is -0.380 e. The molecule has 0 bridgehead atoms. The van der Waals surface area contributed by atoms with Crippen LogP contribution in [0.5, 0.6) is 0 Å². The van der Waals surface area contributed by atoms with Crippen LogP contribution in [0.15, 0.2) is 29.2 Å². The number of ether oxygens (including phenoxy) is 1. The molecule has 1 saturated heterocycles. The lowest BCUT2D eigenvalue weighted by Crippen LogP contribution is -2.40. The van der Waals surface area contributed by atoms with E-state index in [0.717, 1.165) is 38.1 Å². The molecule has 0 saturated carbocycles. The number of hydrogen-bond acceptors (Lipinski definition) is 4. The van der Waals surface area contributed by atoms with Crippen LogP contribution in [0.25, 0.3) is 0 Å². The maximum absolute atomic E-state index is 12.2. The second kappa shape index (κ2) is 7.17. The summed E-state index contributed by atoms with van der Waals surface area (Å²) in [5.41, 5.74) is 1.08. The van der Waals surface area contributed by atoms with Crippen molar-refractivity contribution in [2.75, 3.05) is 19.8 Å². The first-order valence-electron chi connectivity index (χ1n) is 7.01. The number of sulfonamides is 1. The van der Waals surface area contributed by atoms with Crippen LogP contribution < -0.4 is 10.0 Å². The molecule has 0 amide bonds. The van der Waals surface area contributed by atoms with Crippen LogP contribution in [0.4, 0.5) is 0 Å². The van der Waals surface area contributed by atoms with Gasteiger partial charge in [-0.25, -0.2) is 13.1 Å². The second-order valence-electron chi connectivity index (χ2n) is 4.96. The molecule has 1 heterocycles. The molecule has 1 aromatic rings. The van der Waals surface area contributed by atoms with Gasteiger partial charge in [0.1, 0.15) is 0 Å². The van der Waals surface area contributed by atoms with E-state index >= 15 is 0 Å². The maximum atomic E-state index is 12.2. The minimum absolute atomic E-state index is 0.116. The highest BCUT2D eigenvalue weighted by Crippen LogP contribution is 2.14. The monoisotopic (exact) mass is 298 g/mol. The zero-order valence-corrected chi connectivity index (χ0v) is 12.6. The summed E-state index contributed by atoms with van der Waals surface area (Å²) in [6, 6.07) is 6.87. The van der Waals surface area contributed by atoms with Gasteiger partial charge in [-0.05, 0) is 37.1 Å². The number of hydrogen-bond donors (Lipinski definition) is 2. The topological polar surface area (TPSA) is 67.4 Å². The number of rotatable bonds is 6. The molecular weight excluding hydrogens is 276 g/mol. The smallest absolute Gasteiger partial charge is 0.240 e. The predicted molar refractivity (Wildman–Crippen MR) is 78.0 cm³/mol. The van der Waals surface area contributed by atoms with Crippen molar-refractivity contribution < 1.29 is 13.2 Å². The van der Waals surface area contributed by atoms with Crippen LogP contribution in [-0.4, -0.2) is 34.2 Å². The highest BCUT2D eigenvalue weighted by Gasteiger charge is 2.22. The molecule has 20 heavy (non-hydrogen) atoms. The average Bonchev–Trinajstić information content (AvgIpc) is 2.46. The zero-order valence-electron chi connectivity index (χ0n) is 11.8. The second-order valence-corrected chi connectivity index (χ2v) is 6.67. The van der Waals surface area contributed by atoms with Gasteiger partial charge in [-0.3, -0.25) is 0 Å². The third-order valence-corrected chi connectivity index (χ3v) is 4.83. The fourth-order valence-corrected chi connectivity index (χ4v) is 3.43. The summed E-state index contributed by atoms with van der Waals surface area (Å²) < 4.78 is 32.5. The Kier molecular flexibility index (Phi) is 5.54. The molecule has 5 nitrogen and oxygen atoms in total. The van der Waals surface area contributed by atoms with E-state index in [2.05, 4.69) is 10.0 Å². The van der Waals surface area contributed by atoms with E-state index in [1.54, 1.807) is 12.1 Å². The first kappa shape index (κ1) is 15.4. The Morgan fingerprint density at radius 3 is 2.65 bits per heavy atom. The Labute approximate surface area is 120 Å². The summed E-state index contributed by atoms with van der Waals surface area (Å²) in [6.07, 6.45) is 1.73. The minimum atomic E-state index is -3.45. The van der Waals surface area contributed by atoms with Gasteiger partial charge in [-0.15, -0.1) is 0 Å². The average molecular weight is 298 g/mol. The van der Waals surface area contributed by atoms with Gasteiger partial charge >= 0.3 is 0 Å². The van der Waals surface area contributed by atoms with Crippen LogP contribution in [0.2, 0.25) is 0 Å².